The lowest BCUT2D eigenvalue weighted by atomic mass is 9.86. The van der Waals surface area contributed by atoms with Gasteiger partial charge in [0.1, 0.15) is 0 Å². The summed E-state index contributed by atoms with van der Waals surface area (Å²) in [5.41, 5.74) is 1.25. The second-order valence-corrected chi connectivity index (χ2v) is 6.08. The van der Waals surface area contributed by atoms with Crippen molar-refractivity contribution in [3.8, 4) is 0 Å². The molecule has 0 heterocycles. The van der Waals surface area contributed by atoms with Gasteiger partial charge in [0.05, 0.1) is 11.6 Å². The maximum Gasteiger partial charge on any atom is 0.0876 e. The van der Waals surface area contributed by atoms with Gasteiger partial charge in [-0.25, -0.2) is 0 Å². The Kier molecular flexibility index (Phi) is 5.88. The van der Waals surface area contributed by atoms with Crippen LogP contribution in [0.4, 0.5) is 0 Å². The van der Waals surface area contributed by atoms with Gasteiger partial charge in [-0.15, -0.1) is 0 Å². The van der Waals surface area contributed by atoms with Crippen LogP contribution in [0.2, 0.25) is 5.02 Å². The van der Waals surface area contributed by atoms with E-state index in [1.165, 1.54) is 18.4 Å². The van der Waals surface area contributed by atoms with E-state index in [0.717, 1.165) is 37.4 Å². The van der Waals surface area contributed by atoms with Crippen molar-refractivity contribution in [2.24, 2.45) is 0 Å². The summed E-state index contributed by atoms with van der Waals surface area (Å²) >= 11 is 6.02. The monoisotopic (exact) mass is 295 g/mol. The van der Waals surface area contributed by atoms with Crippen molar-refractivity contribution in [2.75, 3.05) is 13.2 Å². The third-order valence-electron chi connectivity index (χ3n) is 4.21. The van der Waals surface area contributed by atoms with Crippen LogP contribution in [0.5, 0.6) is 0 Å². The molecule has 3 heteroatoms. The van der Waals surface area contributed by atoms with Gasteiger partial charge in [0.2, 0.25) is 0 Å². The van der Waals surface area contributed by atoms with E-state index < -0.39 is 0 Å². The van der Waals surface area contributed by atoms with Crippen molar-refractivity contribution >= 4 is 11.6 Å². The van der Waals surface area contributed by atoms with Crippen molar-refractivity contribution in [2.45, 2.75) is 57.6 Å². The highest BCUT2D eigenvalue weighted by molar-refractivity contribution is 6.30. The standard InChI is InChI=1S/C17H26ClNO/c1-3-13-19-16(14-7-9-15(18)10-8-14)17(20-4-2)11-5-6-12-17/h7-10,16,19H,3-6,11-13H2,1-2H3. The maximum atomic E-state index is 6.24. The van der Waals surface area contributed by atoms with Crippen molar-refractivity contribution in [1.82, 2.24) is 5.32 Å². The van der Waals surface area contributed by atoms with Gasteiger partial charge in [-0.1, -0.05) is 43.5 Å². The molecule has 1 atom stereocenters. The molecule has 1 aromatic carbocycles. The fourth-order valence-corrected chi connectivity index (χ4v) is 3.45. The molecule has 1 aromatic rings. The van der Waals surface area contributed by atoms with E-state index in [-0.39, 0.29) is 11.6 Å². The summed E-state index contributed by atoms with van der Waals surface area (Å²) in [7, 11) is 0. The van der Waals surface area contributed by atoms with Gasteiger partial charge >= 0.3 is 0 Å². The van der Waals surface area contributed by atoms with Crippen LogP contribution in [0, 0.1) is 0 Å². The normalized spacial score (nSPS) is 19.1. The Hall–Kier alpha value is -0.570. The van der Waals surface area contributed by atoms with E-state index in [1.54, 1.807) is 0 Å². The Labute approximate surface area is 127 Å². The Morgan fingerprint density at radius 3 is 2.40 bits per heavy atom. The number of ether oxygens (including phenoxy) is 1. The first kappa shape index (κ1) is 15.8. The third kappa shape index (κ3) is 3.55. The van der Waals surface area contributed by atoms with Crippen LogP contribution < -0.4 is 5.32 Å². The van der Waals surface area contributed by atoms with Crippen molar-refractivity contribution in [3.63, 3.8) is 0 Å². The number of hydrogen-bond acceptors (Lipinski definition) is 2. The van der Waals surface area contributed by atoms with Gasteiger partial charge in [0.15, 0.2) is 0 Å². The zero-order chi connectivity index (χ0) is 14.4. The predicted octanol–water partition coefficient (Wildman–Crippen LogP) is 4.73. The fourth-order valence-electron chi connectivity index (χ4n) is 3.33. The second-order valence-electron chi connectivity index (χ2n) is 5.64. The smallest absolute Gasteiger partial charge is 0.0876 e. The minimum Gasteiger partial charge on any atom is -0.373 e. The Morgan fingerprint density at radius 2 is 1.85 bits per heavy atom. The highest BCUT2D eigenvalue weighted by Gasteiger charge is 2.42. The van der Waals surface area contributed by atoms with Crippen LogP contribution in [0.1, 0.15) is 57.6 Å². The van der Waals surface area contributed by atoms with Crippen LogP contribution in [-0.2, 0) is 4.74 Å². The van der Waals surface area contributed by atoms with E-state index in [4.69, 9.17) is 16.3 Å². The molecule has 0 spiro atoms. The SMILES string of the molecule is CCCNC(c1ccc(Cl)cc1)C1(OCC)CCCC1. The van der Waals surface area contributed by atoms with Gasteiger partial charge in [0.25, 0.3) is 0 Å². The molecule has 1 saturated carbocycles. The highest BCUT2D eigenvalue weighted by Crippen LogP contribution is 2.43. The minimum absolute atomic E-state index is 0.0439. The van der Waals surface area contributed by atoms with Crippen LogP contribution in [-0.4, -0.2) is 18.8 Å². The minimum atomic E-state index is -0.0439. The summed E-state index contributed by atoms with van der Waals surface area (Å²) in [6.45, 7) is 6.09. The summed E-state index contributed by atoms with van der Waals surface area (Å²) in [4.78, 5) is 0. The molecule has 1 unspecified atom stereocenters. The van der Waals surface area contributed by atoms with Gasteiger partial charge in [-0.2, -0.15) is 0 Å². The summed E-state index contributed by atoms with van der Waals surface area (Å²) in [5, 5.41) is 4.50. The Bertz CT molecular complexity index is 398. The molecule has 2 nitrogen and oxygen atoms in total. The maximum absolute atomic E-state index is 6.24. The quantitative estimate of drug-likeness (QED) is 0.785. The van der Waals surface area contributed by atoms with Crippen molar-refractivity contribution in [3.05, 3.63) is 34.9 Å². The van der Waals surface area contributed by atoms with E-state index in [1.807, 2.05) is 12.1 Å². The topological polar surface area (TPSA) is 21.3 Å². The first-order valence-electron chi connectivity index (χ1n) is 7.84. The lowest BCUT2D eigenvalue weighted by Gasteiger charge is -2.38. The lowest BCUT2D eigenvalue weighted by molar-refractivity contribution is -0.0626. The molecule has 0 aromatic heterocycles. The molecule has 20 heavy (non-hydrogen) atoms. The van der Waals surface area contributed by atoms with Gasteiger partial charge in [-0.05, 0) is 50.4 Å². The molecule has 1 aliphatic rings. The lowest BCUT2D eigenvalue weighted by Crippen LogP contribution is -2.44. The van der Waals surface area contributed by atoms with E-state index >= 15 is 0 Å². The van der Waals surface area contributed by atoms with Gasteiger partial charge in [0, 0.05) is 11.6 Å². The fraction of sp³-hybridized carbons (Fsp3) is 0.647. The molecule has 0 radical (unpaired) electrons. The third-order valence-corrected chi connectivity index (χ3v) is 4.46. The zero-order valence-electron chi connectivity index (χ0n) is 12.6. The molecule has 0 bridgehead atoms. The van der Waals surface area contributed by atoms with Crippen molar-refractivity contribution < 1.29 is 4.74 Å². The first-order chi connectivity index (χ1) is 9.72. The molecular formula is C17H26ClNO. The summed E-state index contributed by atoms with van der Waals surface area (Å²) in [6.07, 6.45) is 5.94. The van der Waals surface area contributed by atoms with Crippen LogP contribution in [0.3, 0.4) is 0 Å². The molecule has 2 rings (SSSR count). The van der Waals surface area contributed by atoms with E-state index in [2.05, 4.69) is 31.3 Å². The number of hydrogen-bond donors (Lipinski definition) is 1. The molecule has 1 aliphatic carbocycles. The highest BCUT2D eigenvalue weighted by atomic mass is 35.5. The molecule has 0 amide bonds. The molecule has 112 valence electrons. The average molecular weight is 296 g/mol. The van der Waals surface area contributed by atoms with E-state index in [9.17, 15) is 0 Å². The number of benzene rings is 1. The van der Waals surface area contributed by atoms with Gasteiger partial charge < -0.3 is 10.1 Å². The zero-order valence-corrected chi connectivity index (χ0v) is 13.4. The van der Waals surface area contributed by atoms with E-state index in [0.29, 0.717) is 0 Å². The van der Waals surface area contributed by atoms with Crippen LogP contribution in [0.15, 0.2) is 24.3 Å². The second kappa shape index (κ2) is 7.44. The molecular weight excluding hydrogens is 270 g/mol. The molecule has 0 aliphatic heterocycles. The first-order valence-corrected chi connectivity index (χ1v) is 8.22. The number of halogens is 1. The molecule has 1 fully saturated rings. The van der Waals surface area contributed by atoms with Crippen LogP contribution in [0.25, 0.3) is 0 Å². The summed E-state index contributed by atoms with van der Waals surface area (Å²) in [6, 6.07) is 8.49. The largest absolute Gasteiger partial charge is 0.373 e. The summed E-state index contributed by atoms with van der Waals surface area (Å²) < 4.78 is 6.24. The van der Waals surface area contributed by atoms with Crippen LogP contribution >= 0.6 is 11.6 Å². The number of rotatable bonds is 7. The summed E-state index contributed by atoms with van der Waals surface area (Å²) in [5.74, 6) is 0. The molecule has 0 saturated heterocycles. The average Bonchev–Trinajstić information content (AvgIpc) is 2.91. The van der Waals surface area contributed by atoms with Crippen molar-refractivity contribution in [1.29, 1.82) is 0 Å². The Morgan fingerprint density at radius 1 is 1.20 bits per heavy atom. The predicted molar refractivity (Wildman–Crippen MR) is 85.3 cm³/mol. The number of nitrogens with one attached hydrogen (secondary N) is 1. The molecule has 1 N–H and O–H groups in total. The Balaban J connectivity index is 2.27. The van der Waals surface area contributed by atoms with Gasteiger partial charge in [-0.3, -0.25) is 0 Å².